The maximum Gasteiger partial charge on any atom is 0.427 e. The number of carbonyl (C=O) groups is 2. The smallest absolute Gasteiger partial charge is 0.427 e. The molecule has 0 atom stereocenters. The van der Waals surface area contributed by atoms with E-state index in [0.29, 0.717) is 11.3 Å². The number of benzene rings is 1. The van der Waals surface area contributed by atoms with Crippen LogP contribution in [0.4, 0.5) is 4.79 Å². The van der Waals surface area contributed by atoms with Gasteiger partial charge in [-0.2, -0.15) is 5.10 Å². The lowest BCUT2D eigenvalue weighted by molar-refractivity contribution is -0.131. The van der Waals surface area contributed by atoms with Gasteiger partial charge in [-0.25, -0.2) is 10.2 Å². The quantitative estimate of drug-likeness (QED) is 0.371. The molecular weight excluding hydrogens is 224 g/mol. The summed E-state index contributed by atoms with van der Waals surface area (Å²) in [4.78, 5) is 21.6. The number of ether oxygens (including phenoxy) is 2. The van der Waals surface area contributed by atoms with E-state index in [9.17, 15) is 9.59 Å². The van der Waals surface area contributed by atoms with Crippen LogP contribution in [0.1, 0.15) is 12.5 Å². The van der Waals surface area contributed by atoms with Gasteiger partial charge in [0.05, 0.1) is 13.3 Å². The Balaban J connectivity index is 2.76. The van der Waals surface area contributed by atoms with Crippen LogP contribution in [0.3, 0.4) is 0 Å². The highest BCUT2D eigenvalue weighted by molar-refractivity contribution is 5.85. The van der Waals surface area contributed by atoms with Gasteiger partial charge in [-0.1, -0.05) is 12.1 Å². The van der Waals surface area contributed by atoms with Gasteiger partial charge in [0.15, 0.2) is 0 Å². The number of hydrazone groups is 1. The van der Waals surface area contributed by atoms with Gasteiger partial charge < -0.3 is 9.47 Å². The first-order valence-electron chi connectivity index (χ1n) is 4.78. The fourth-order valence-corrected chi connectivity index (χ4v) is 1.04. The van der Waals surface area contributed by atoms with Crippen LogP contribution >= 0.6 is 0 Å². The maximum atomic E-state index is 10.8. The Morgan fingerprint density at radius 1 is 1.35 bits per heavy atom. The average molecular weight is 236 g/mol. The fraction of sp³-hybridized carbons (Fsp3) is 0.182. The van der Waals surface area contributed by atoms with Gasteiger partial charge >= 0.3 is 12.1 Å². The lowest BCUT2D eigenvalue weighted by atomic mass is 10.2. The monoisotopic (exact) mass is 236 g/mol. The van der Waals surface area contributed by atoms with Crippen molar-refractivity contribution in [1.29, 1.82) is 0 Å². The minimum Gasteiger partial charge on any atom is -0.452 e. The predicted octanol–water partition coefficient (Wildman–Crippen LogP) is 1.30. The second kappa shape index (κ2) is 6.26. The number of nitrogens with zero attached hydrogens (tertiary/aromatic N) is 1. The van der Waals surface area contributed by atoms with E-state index in [1.807, 2.05) is 0 Å². The molecule has 0 aliphatic heterocycles. The van der Waals surface area contributed by atoms with Crippen LogP contribution in [-0.2, 0) is 9.53 Å². The van der Waals surface area contributed by atoms with E-state index in [2.05, 4.69) is 15.3 Å². The number of hydrogen-bond donors (Lipinski definition) is 1. The van der Waals surface area contributed by atoms with Crippen LogP contribution in [0, 0.1) is 0 Å². The molecule has 90 valence electrons. The molecule has 6 nitrogen and oxygen atoms in total. The van der Waals surface area contributed by atoms with Crippen LogP contribution < -0.4 is 10.2 Å². The Bertz CT molecular complexity index is 443. The summed E-state index contributed by atoms with van der Waals surface area (Å²) in [5.74, 6) is -0.0535. The topological polar surface area (TPSA) is 77.0 Å². The summed E-state index contributed by atoms with van der Waals surface area (Å²) in [7, 11) is 1.23. The van der Waals surface area contributed by atoms with Crippen molar-refractivity contribution in [3.05, 3.63) is 29.8 Å². The molecule has 0 aliphatic carbocycles. The molecule has 1 N–H and O–H groups in total. The van der Waals surface area contributed by atoms with Gasteiger partial charge in [-0.15, -0.1) is 0 Å². The van der Waals surface area contributed by atoms with Crippen molar-refractivity contribution >= 4 is 18.3 Å². The molecule has 1 aromatic carbocycles. The van der Waals surface area contributed by atoms with E-state index in [1.165, 1.54) is 20.2 Å². The lowest BCUT2D eigenvalue weighted by Gasteiger charge is -2.04. The Morgan fingerprint density at radius 3 is 2.71 bits per heavy atom. The highest BCUT2D eigenvalue weighted by atomic mass is 16.5. The van der Waals surface area contributed by atoms with E-state index in [0.717, 1.165) is 0 Å². The summed E-state index contributed by atoms with van der Waals surface area (Å²) in [5, 5.41) is 3.64. The Kier molecular flexibility index (Phi) is 4.68. The van der Waals surface area contributed by atoms with Crippen LogP contribution in [0.15, 0.2) is 29.4 Å². The number of hydrogen-bond acceptors (Lipinski definition) is 5. The molecule has 0 aliphatic rings. The van der Waals surface area contributed by atoms with Crippen LogP contribution in [0.25, 0.3) is 0 Å². The number of methoxy groups -OCH3 is 1. The third kappa shape index (κ3) is 4.33. The zero-order chi connectivity index (χ0) is 12.7. The third-order valence-electron chi connectivity index (χ3n) is 1.72. The average Bonchev–Trinajstić information content (AvgIpc) is 2.30. The van der Waals surface area contributed by atoms with Crippen molar-refractivity contribution in [3.63, 3.8) is 0 Å². The third-order valence-corrected chi connectivity index (χ3v) is 1.72. The van der Waals surface area contributed by atoms with Crippen molar-refractivity contribution in [2.75, 3.05) is 7.11 Å². The molecule has 1 aromatic rings. The summed E-state index contributed by atoms with van der Waals surface area (Å²) in [6.45, 7) is 1.31. The van der Waals surface area contributed by atoms with Crippen molar-refractivity contribution in [2.24, 2.45) is 5.10 Å². The summed E-state index contributed by atoms with van der Waals surface area (Å²) >= 11 is 0. The Hall–Kier alpha value is -2.37. The highest BCUT2D eigenvalue weighted by Crippen LogP contribution is 2.15. The van der Waals surface area contributed by atoms with Crippen molar-refractivity contribution in [3.8, 4) is 5.75 Å². The Morgan fingerprint density at radius 2 is 2.06 bits per heavy atom. The minimum absolute atomic E-state index is 0.371. The SMILES string of the molecule is COC(=O)NN=Cc1ccccc1OC(C)=O. The maximum absolute atomic E-state index is 10.8. The molecule has 0 spiro atoms. The predicted molar refractivity (Wildman–Crippen MR) is 60.9 cm³/mol. The largest absolute Gasteiger partial charge is 0.452 e. The molecule has 0 saturated carbocycles. The molecule has 0 radical (unpaired) electrons. The second-order valence-corrected chi connectivity index (χ2v) is 2.99. The molecule has 17 heavy (non-hydrogen) atoms. The molecule has 1 amide bonds. The summed E-state index contributed by atoms with van der Waals surface area (Å²) < 4.78 is 9.29. The van der Waals surface area contributed by atoms with Crippen LogP contribution in [-0.4, -0.2) is 25.4 Å². The molecule has 1 rings (SSSR count). The van der Waals surface area contributed by atoms with Gasteiger partial charge in [-0.05, 0) is 12.1 Å². The first-order chi connectivity index (χ1) is 8.13. The summed E-state index contributed by atoms with van der Waals surface area (Å²) in [6.07, 6.45) is 0.682. The number of rotatable bonds is 3. The second-order valence-electron chi connectivity index (χ2n) is 2.99. The molecule has 0 saturated heterocycles. The molecule has 0 aromatic heterocycles. The van der Waals surface area contributed by atoms with Gasteiger partial charge in [0.1, 0.15) is 5.75 Å². The van der Waals surface area contributed by atoms with Gasteiger partial charge in [0.2, 0.25) is 0 Å². The lowest BCUT2D eigenvalue weighted by Crippen LogP contribution is -2.16. The number of carbonyl (C=O) groups excluding carboxylic acids is 2. The van der Waals surface area contributed by atoms with Gasteiger partial charge in [0, 0.05) is 12.5 Å². The van der Waals surface area contributed by atoms with E-state index in [-0.39, 0.29) is 0 Å². The Labute approximate surface area is 98.2 Å². The van der Waals surface area contributed by atoms with Crippen LogP contribution in [0.5, 0.6) is 5.75 Å². The number of amides is 1. The normalized spacial score (nSPS) is 10.0. The molecular formula is C11H12N2O4. The van der Waals surface area contributed by atoms with E-state index < -0.39 is 12.1 Å². The van der Waals surface area contributed by atoms with Gasteiger partial charge in [0.25, 0.3) is 0 Å². The van der Waals surface area contributed by atoms with Crippen molar-refractivity contribution in [1.82, 2.24) is 5.43 Å². The molecule has 0 bridgehead atoms. The molecule has 0 heterocycles. The number of para-hydroxylation sites is 1. The van der Waals surface area contributed by atoms with Gasteiger partial charge in [-0.3, -0.25) is 4.79 Å². The fourth-order valence-electron chi connectivity index (χ4n) is 1.04. The van der Waals surface area contributed by atoms with Crippen molar-refractivity contribution in [2.45, 2.75) is 6.92 Å². The first kappa shape index (κ1) is 12.7. The number of nitrogens with one attached hydrogen (secondary N) is 1. The molecule has 6 heteroatoms. The van der Waals surface area contributed by atoms with E-state index in [1.54, 1.807) is 24.3 Å². The zero-order valence-corrected chi connectivity index (χ0v) is 9.47. The van der Waals surface area contributed by atoms with Crippen molar-refractivity contribution < 1.29 is 19.1 Å². The summed E-state index contributed by atoms with van der Waals surface area (Å²) in [6, 6.07) is 6.80. The molecule has 0 unspecified atom stereocenters. The first-order valence-corrected chi connectivity index (χ1v) is 4.78. The van der Waals surface area contributed by atoms with E-state index >= 15 is 0 Å². The molecule has 0 fully saturated rings. The summed E-state index contributed by atoms with van der Waals surface area (Å²) in [5.41, 5.74) is 2.70. The highest BCUT2D eigenvalue weighted by Gasteiger charge is 2.03. The minimum atomic E-state index is -0.675. The standard InChI is InChI=1S/C11H12N2O4/c1-8(14)17-10-6-4-3-5-9(10)7-12-13-11(15)16-2/h3-7H,1-2H3,(H,13,15). The van der Waals surface area contributed by atoms with E-state index in [4.69, 9.17) is 4.74 Å². The van der Waals surface area contributed by atoms with Crippen LogP contribution in [0.2, 0.25) is 0 Å². The number of esters is 1. The zero-order valence-electron chi connectivity index (χ0n) is 9.47.